The number of aromatic amines is 1. The van der Waals surface area contributed by atoms with Crippen molar-refractivity contribution < 1.29 is 9.53 Å². The van der Waals surface area contributed by atoms with Gasteiger partial charge in [0.25, 0.3) is 5.91 Å². The van der Waals surface area contributed by atoms with Gasteiger partial charge in [-0.1, -0.05) is 6.92 Å². The molecule has 2 aliphatic rings. The van der Waals surface area contributed by atoms with Gasteiger partial charge in [0, 0.05) is 49.5 Å². The lowest BCUT2D eigenvalue weighted by Gasteiger charge is -2.33. The number of H-pyrrole nitrogens is 1. The molecule has 1 amide bonds. The second kappa shape index (κ2) is 8.17. The Balaban J connectivity index is 1.44. The highest BCUT2D eigenvalue weighted by Gasteiger charge is 2.32. The molecule has 1 unspecified atom stereocenters. The predicted octanol–water partition coefficient (Wildman–Crippen LogP) is 2.70. The number of piperidine rings is 1. The molecule has 144 valence electrons. The summed E-state index contributed by atoms with van der Waals surface area (Å²) in [6.07, 6.45) is 9.08. The Morgan fingerprint density at radius 1 is 1.33 bits per heavy atom. The van der Waals surface area contributed by atoms with Crippen molar-refractivity contribution in [2.24, 2.45) is 0 Å². The summed E-state index contributed by atoms with van der Waals surface area (Å²) in [5.74, 6) is 1.40. The van der Waals surface area contributed by atoms with Crippen molar-refractivity contribution in [3.8, 4) is 11.3 Å². The summed E-state index contributed by atoms with van der Waals surface area (Å²) in [6.45, 7) is 4.38. The molecule has 0 saturated carbocycles. The average Bonchev–Trinajstić information content (AvgIpc) is 3.40. The highest BCUT2D eigenvalue weighted by atomic mass is 16.5. The minimum Gasteiger partial charge on any atom is -0.368 e. The van der Waals surface area contributed by atoms with E-state index < -0.39 is 0 Å². The smallest absolute Gasteiger partial charge is 0.251 e. The van der Waals surface area contributed by atoms with E-state index in [1.54, 1.807) is 0 Å². The maximum Gasteiger partial charge on any atom is 0.251 e. The SMILES string of the molecule is CCCc1nccc(-c2cn[nH]c2C2CCN(C(=O)C3CCCO3)CC2)n1. The van der Waals surface area contributed by atoms with E-state index in [4.69, 9.17) is 9.72 Å². The summed E-state index contributed by atoms with van der Waals surface area (Å²) >= 11 is 0. The third-order valence-corrected chi connectivity index (χ3v) is 5.54. The van der Waals surface area contributed by atoms with Crippen LogP contribution in [-0.2, 0) is 16.0 Å². The Hall–Kier alpha value is -2.28. The molecule has 0 spiro atoms. The van der Waals surface area contributed by atoms with Crippen molar-refractivity contribution >= 4 is 5.91 Å². The van der Waals surface area contributed by atoms with Crippen molar-refractivity contribution in [2.45, 2.75) is 57.5 Å². The van der Waals surface area contributed by atoms with Crippen molar-refractivity contribution in [1.29, 1.82) is 0 Å². The summed E-state index contributed by atoms with van der Waals surface area (Å²) in [5, 5.41) is 7.47. The largest absolute Gasteiger partial charge is 0.368 e. The fraction of sp³-hybridized carbons (Fsp3) is 0.600. The Morgan fingerprint density at radius 3 is 2.93 bits per heavy atom. The molecule has 1 N–H and O–H groups in total. The monoisotopic (exact) mass is 369 g/mol. The zero-order valence-corrected chi connectivity index (χ0v) is 15.9. The lowest BCUT2D eigenvalue weighted by Crippen LogP contribution is -2.43. The molecule has 0 radical (unpaired) electrons. The van der Waals surface area contributed by atoms with Crippen LogP contribution in [0.15, 0.2) is 18.5 Å². The standard InChI is InChI=1S/C20H27N5O2/c1-2-4-18-21-9-6-16(23-18)15-13-22-24-19(15)14-7-10-25(11-8-14)20(26)17-5-3-12-27-17/h6,9,13-14,17H,2-5,7-8,10-12H2,1H3,(H,22,24). The number of hydrogen-bond donors (Lipinski definition) is 1. The average molecular weight is 369 g/mol. The second-order valence-corrected chi connectivity index (χ2v) is 7.41. The Bertz CT molecular complexity index is 776. The number of nitrogens with one attached hydrogen (secondary N) is 1. The zero-order valence-electron chi connectivity index (χ0n) is 15.9. The molecule has 2 fully saturated rings. The third-order valence-electron chi connectivity index (χ3n) is 5.54. The fourth-order valence-corrected chi connectivity index (χ4v) is 4.07. The molecule has 2 aliphatic heterocycles. The van der Waals surface area contributed by atoms with E-state index in [9.17, 15) is 4.79 Å². The van der Waals surface area contributed by atoms with Crippen LogP contribution in [0.1, 0.15) is 56.5 Å². The molecule has 0 aromatic carbocycles. The minimum atomic E-state index is -0.220. The number of rotatable bonds is 5. The molecule has 4 rings (SSSR count). The summed E-state index contributed by atoms with van der Waals surface area (Å²) < 4.78 is 5.55. The van der Waals surface area contributed by atoms with Crippen molar-refractivity contribution in [2.75, 3.05) is 19.7 Å². The molecule has 0 bridgehead atoms. The van der Waals surface area contributed by atoms with Gasteiger partial charge in [0.2, 0.25) is 0 Å². The summed E-state index contributed by atoms with van der Waals surface area (Å²) in [6, 6.07) is 1.95. The highest BCUT2D eigenvalue weighted by molar-refractivity contribution is 5.81. The molecule has 0 aliphatic carbocycles. The number of carbonyl (C=O) groups excluding carboxylic acids is 1. The first-order valence-electron chi connectivity index (χ1n) is 10.0. The lowest BCUT2D eigenvalue weighted by molar-refractivity contribution is -0.142. The van der Waals surface area contributed by atoms with E-state index in [1.165, 1.54) is 0 Å². The van der Waals surface area contributed by atoms with E-state index in [1.807, 2.05) is 23.4 Å². The van der Waals surface area contributed by atoms with E-state index >= 15 is 0 Å². The third kappa shape index (κ3) is 3.88. The normalized spacial score (nSPS) is 20.9. The fourth-order valence-electron chi connectivity index (χ4n) is 4.07. The van der Waals surface area contributed by atoms with E-state index in [2.05, 4.69) is 22.1 Å². The van der Waals surface area contributed by atoms with Crippen LogP contribution in [0.3, 0.4) is 0 Å². The second-order valence-electron chi connectivity index (χ2n) is 7.41. The van der Waals surface area contributed by atoms with Crippen LogP contribution in [0, 0.1) is 0 Å². The molecule has 2 aromatic rings. The predicted molar refractivity (Wildman–Crippen MR) is 101 cm³/mol. The number of likely N-dealkylation sites (tertiary alicyclic amines) is 1. The van der Waals surface area contributed by atoms with Crippen molar-refractivity contribution in [3.05, 3.63) is 30.0 Å². The first kappa shape index (κ1) is 18.1. The number of carbonyl (C=O) groups is 1. The van der Waals surface area contributed by atoms with Gasteiger partial charge in [-0.3, -0.25) is 9.89 Å². The molecular weight excluding hydrogens is 342 g/mol. The van der Waals surface area contributed by atoms with Crippen LogP contribution in [-0.4, -0.2) is 56.8 Å². The van der Waals surface area contributed by atoms with Crippen LogP contribution < -0.4 is 0 Å². The number of amides is 1. The molecular formula is C20H27N5O2. The van der Waals surface area contributed by atoms with E-state index in [0.717, 1.165) is 74.4 Å². The van der Waals surface area contributed by atoms with Gasteiger partial charge < -0.3 is 9.64 Å². The first-order chi connectivity index (χ1) is 13.3. The van der Waals surface area contributed by atoms with Gasteiger partial charge in [0.1, 0.15) is 11.9 Å². The van der Waals surface area contributed by atoms with Crippen molar-refractivity contribution in [1.82, 2.24) is 25.1 Å². The summed E-state index contributed by atoms with van der Waals surface area (Å²) in [4.78, 5) is 23.6. The topological polar surface area (TPSA) is 84.0 Å². The first-order valence-corrected chi connectivity index (χ1v) is 10.0. The van der Waals surface area contributed by atoms with Crippen LogP contribution in [0.4, 0.5) is 0 Å². The molecule has 2 saturated heterocycles. The molecule has 7 nitrogen and oxygen atoms in total. The maximum absolute atomic E-state index is 12.5. The highest BCUT2D eigenvalue weighted by Crippen LogP contribution is 2.33. The molecule has 4 heterocycles. The number of ether oxygens (including phenoxy) is 1. The van der Waals surface area contributed by atoms with Crippen LogP contribution in [0.2, 0.25) is 0 Å². The number of hydrogen-bond acceptors (Lipinski definition) is 5. The maximum atomic E-state index is 12.5. The molecule has 2 aromatic heterocycles. The summed E-state index contributed by atoms with van der Waals surface area (Å²) in [5.41, 5.74) is 3.11. The lowest BCUT2D eigenvalue weighted by atomic mass is 9.90. The van der Waals surface area contributed by atoms with Gasteiger partial charge in [-0.15, -0.1) is 0 Å². The molecule has 7 heteroatoms. The zero-order chi connectivity index (χ0) is 18.6. The molecule has 1 atom stereocenters. The van der Waals surface area contributed by atoms with Crippen molar-refractivity contribution in [3.63, 3.8) is 0 Å². The summed E-state index contributed by atoms with van der Waals surface area (Å²) in [7, 11) is 0. The van der Waals surface area contributed by atoms with Gasteiger partial charge in [-0.2, -0.15) is 5.10 Å². The molecule has 27 heavy (non-hydrogen) atoms. The number of nitrogens with zero attached hydrogens (tertiary/aromatic N) is 4. The minimum absolute atomic E-state index is 0.163. The van der Waals surface area contributed by atoms with E-state index in [-0.39, 0.29) is 12.0 Å². The Kier molecular flexibility index (Phi) is 5.48. The number of aromatic nitrogens is 4. The van der Waals surface area contributed by atoms with Gasteiger partial charge in [-0.05, 0) is 38.2 Å². The van der Waals surface area contributed by atoms with E-state index in [0.29, 0.717) is 12.5 Å². The van der Waals surface area contributed by atoms with Gasteiger partial charge in [0.15, 0.2) is 0 Å². The Labute approximate surface area is 159 Å². The number of aryl methyl sites for hydroxylation is 1. The van der Waals surface area contributed by atoms with Crippen LogP contribution in [0.5, 0.6) is 0 Å². The van der Waals surface area contributed by atoms with Gasteiger partial charge in [0.05, 0.1) is 11.9 Å². The Morgan fingerprint density at radius 2 is 2.19 bits per heavy atom. The van der Waals surface area contributed by atoms with Gasteiger partial charge in [-0.25, -0.2) is 9.97 Å². The van der Waals surface area contributed by atoms with Crippen LogP contribution in [0.25, 0.3) is 11.3 Å². The van der Waals surface area contributed by atoms with Crippen LogP contribution >= 0.6 is 0 Å². The quantitative estimate of drug-likeness (QED) is 0.876. The van der Waals surface area contributed by atoms with Gasteiger partial charge >= 0.3 is 0 Å².